The highest BCUT2D eigenvalue weighted by molar-refractivity contribution is 5.96. The van der Waals surface area contributed by atoms with E-state index in [-0.39, 0.29) is 5.91 Å². The van der Waals surface area contributed by atoms with E-state index < -0.39 is 5.60 Å². The molecular formula is C16H20N2O3. The van der Waals surface area contributed by atoms with Gasteiger partial charge in [0.1, 0.15) is 5.58 Å². The Kier molecular flexibility index (Phi) is 3.47. The van der Waals surface area contributed by atoms with Gasteiger partial charge in [-0.25, -0.2) is 0 Å². The Morgan fingerprint density at radius 3 is 3.00 bits per heavy atom. The van der Waals surface area contributed by atoms with Crippen LogP contribution in [0.25, 0.3) is 11.0 Å². The van der Waals surface area contributed by atoms with E-state index >= 15 is 0 Å². The summed E-state index contributed by atoms with van der Waals surface area (Å²) in [7, 11) is 1.69. The van der Waals surface area contributed by atoms with Gasteiger partial charge in [0.25, 0.3) is 5.91 Å². The summed E-state index contributed by atoms with van der Waals surface area (Å²) in [5.74, 6) is 0.108. The number of nitrogens with zero attached hydrogens (tertiary/aromatic N) is 1. The molecule has 0 aliphatic carbocycles. The van der Waals surface area contributed by atoms with Crippen LogP contribution < -0.4 is 5.32 Å². The molecule has 21 heavy (non-hydrogen) atoms. The Labute approximate surface area is 123 Å². The summed E-state index contributed by atoms with van der Waals surface area (Å²) >= 11 is 0. The molecule has 5 nitrogen and oxygen atoms in total. The van der Waals surface area contributed by atoms with Crippen molar-refractivity contribution in [3.05, 3.63) is 35.6 Å². The number of carbonyl (C=O) groups is 1. The average molecular weight is 288 g/mol. The molecule has 1 aromatic carbocycles. The van der Waals surface area contributed by atoms with Crippen molar-refractivity contribution in [1.82, 2.24) is 10.2 Å². The molecule has 1 atom stereocenters. The van der Waals surface area contributed by atoms with E-state index in [2.05, 4.69) is 5.32 Å². The molecule has 1 unspecified atom stereocenters. The Hall–Kier alpha value is -1.85. The maximum absolute atomic E-state index is 12.4. The second-order valence-electron chi connectivity index (χ2n) is 5.96. The zero-order valence-electron chi connectivity index (χ0n) is 12.3. The molecule has 1 aliphatic rings. The van der Waals surface area contributed by atoms with Crippen LogP contribution in [-0.4, -0.2) is 48.2 Å². The van der Waals surface area contributed by atoms with Crippen LogP contribution in [0, 0.1) is 6.92 Å². The number of aryl methyl sites for hydroxylation is 1. The van der Waals surface area contributed by atoms with Crippen molar-refractivity contribution in [3.63, 3.8) is 0 Å². The fourth-order valence-corrected chi connectivity index (χ4v) is 2.84. The molecule has 0 bridgehead atoms. The van der Waals surface area contributed by atoms with Crippen LogP contribution in [0.1, 0.15) is 22.5 Å². The predicted molar refractivity (Wildman–Crippen MR) is 80.3 cm³/mol. The molecule has 1 aliphatic heterocycles. The third-order valence-electron chi connectivity index (χ3n) is 3.98. The predicted octanol–water partition coefficient (Wildman–Crippen LogP) is 1.54. The number of β-amino-alcohol motifs (C(OH)–C–C–N with tert-alkyl or cyclic N) is 1. The standard InChI is InChI=1S/C16H20N2O3/c1-11-3-4-13-12(7-11)8-14(21-13)15(19)18(2)10-16(20)5-6-17-9-16/h3-4,7-8,17,20H,5-6,9-10H2,1-2H3. The van der Waals surface area contributed by atoms with Gasteiger partial charge in [-0.2, -0.15) is 0 Å². The Morgan fingerprint density at radius 2 is 2.29 bits per heavy atom. The Morgan fingerprint density at radius 1 is 1.48 bits per heavy atom. The minimum absolute atomic E-state index is 0.204. The number of hydrogen-bond donors (Lipinski definition) is 2. The lowest BCUT2D eigenvalue weighted by Crippen LogP contribution is -2.45. The molecule has 1 aromatic heterocycles. The number of carbonyl (C=O) groups excluding carboxylic acids is 1. The number of aliphatic hydroxyl groups is 1. The Balaban J connectivity index is 1.79. The first kappa shape index (κ1) is 14.1. The number of amides is 1. The highest BCUT2D eigenvalue weighted by Crippen LogP contribution is 2.22. The minimum atomic E-state index is -0.840. The molecule has 1 amide bonds. The third-order valence-corrected chi connectivity index (χ3v) is 3.98. The second kappa shape index (κ2) is 5.16. The van der Waals surface area contributed by atoms with Gasteiger partial charge in [0.05, 0.1) is 12.1 Å². The quantitative estimate of drug-likeness (QED) is 0.899. The number of furan rings is 1. The lowest BCUT2D eigenvalue weighted by Gasteiger charge is -2.27. The van der Waals surface area contributed by atoms with Gasteiger partial charge in [0, 0.05) is 19.0 Å². The summed E-state index contributed by atoms with van der Waals surface area (Å²) in [5.41, 5.74) is 0.994. The number of rotatable bonds is 3. The first-order valence-electron chi connectivity index (χ1n) is 7.16. The molecule has 0 spiro atoms. The van der Waals surface area contributed by atoms with E-state index in [1.165, 1.54) is 4.90 Å². The summed E-state index contributed by atoms with van der Waals surface area (Å²) in [6.45, 7) is 3.60. The largest absolute Gasteiger partial charge is 0.451 e. The van der Waals surface area contributed by atoms with Gasteiger partial charge < -0.3 is 19.7 Å². The van der Waals surface area contributed by atoms with E-state index in [9.17, 15) is 9.90 Å². The number of fused-ring (bicyclic) bond motifs is 1. The average Bonchev–Trinajstić information content (AvgIpc) is 3.03. The van der Waals surface area contributed by atoms with E-state index in [0.29, 0.717) is 30.9 Å². The van der Waals surface area contributed by atoms with E-state index in [0.717, 1.165) is 17.5 Å². The summed E-state index contributed by atoms with van der Waals surface area (Å²) in [4.78, 5) is 14.0. The van der Waals surface area contributed by atoms with Gasteiger partial charge >= 0.3 is 0 Å². The van der Waals surface area contributed by atoms with Gasteiger partial charge in [-0.3, -0.25) is 4.79 Å². The van der Waals surface area contributed by atoms with Crippen molar-refractivity contribution in [2.75, 3.05) is 26.7 Å². The van der Waals surface area contributed by atoms with Crippen LogP contribution in [0.15, 0.2) is 28.7 Å². The molecule has 1 fully saturated rings. The Bertz CT molecular complexity index is 671. The first-order valence-corrected chi connectivity index (χ1v) is 7.16. The van der Waals surface area contributed by atoms with Crippen LogP contribution in [0.4, 0.5) is 0 Å². The molecule has 2 heterocycles. The topological polar surface area (TPSA) is 65.7 Å². The second-order valence-corrected chi connectivity index (χ2v) is 5.96. The highest BCUT2D eigenvalue weighted by atomic mass is 16.3. The SMILES string of the molecule is Cc1ccc2oc(C(=O)N(C)CC3(O)CCNC3)cc2c1. The van der Waals surface area contributed by atoms with Crippen molar-refractivity contribution in [2.24, 2.45) is 0 Å². The van der Waals surface area contributed by atoms with Crippen molar-refractivity contribution >= 4 is 16.9 Å². The number of benzene rings is 1. The number of hydrogen-bond acceptors (Lipinski definition) is 4. The molecule has 5 heteroatoms. The zero-order valence-corrected chi connectivity index (χ0v) is 12.3. The van der Waals surface area contributed by atoms with E-state index in [1.807, 2.05) is 25.1 Å². The fraction of sp³-hybridized carbons (Fsp3) is 0.438. The number of nitrogens with one attached hydrogen (secondary N) is 1. The van der Waals surface area contributed by atoms with E-state index in [4.69, 9.17) is 4.42 Å². The zero-order chi connectivity index (χ0) is 15.0. The lowest BCUT2D eigenvalue weighted by atomic mass is 10.0. The van der Waals surface area contributed by atoms with Crippen molar-refractivity contribution in [3.8, 4) is 0 Å². The monoisotopic (exact) mass is 288 g/mol. The molecule has 1 saturated heterocycles. The van der Waals surface area contributed by atoms with Crippen molar-refractivity contribution in [2.45, 2.75) is 18.9 Å². The normalized spacial score (nSPS) is 21.9. The van der Waals surface area contributed by atoms with Crippen LogP contribution in [0.5, 0.6) is 0 Å². The summed E-state index contributed by atoms with van der Waals surface area (Å²) in [6.07, 6.45) is 0.657. The minimum Gasteiger partial charge on any atom is -0.451 e. The van der Waals surface area contributed by atoms with Crippen LogP contribution >= 0.6 is 0 Å². The first-order chi connectivity index (χ1) is 9.97. The number of likely N-dealkylation sites (N-methyl/N-ethyl adjacent to an activating group) is 1. The van der Waals surface area contributed by atoms with Gasteiger partial charge in [-0.1, -0.05) is 11.6 Å². The maximum Gasteiger partial charge on any atom is 0.289 e. The smallest absolute Gasteiger partial charge is 0.289 e. The molecular weight excluding hydrogens is 268 g/mol. The summed E-state index contributed by atoms with van der Waals surface area (Å²) in [6, 6.07) is 7.58. The van der Waals surface area contributed by atoms with Gasteiger partial charge in [0.2, 0.25) is 0 Å². The van der Waals surface area contributed by atoms with Crippen molar-refractivity contribution < 1.29 is 14.3 Å². The highest BCUT2D eigenvalue weighted by Gasteiger charge is 2.34. The molecule has 0 radical (unpaired) electrons. The fourth-order valence-electron chi connectivity index (χ4n) is 2.84. The van der Waals surface area contributed by atoms with E-state index in [1.54, 1.807) is 13.1 Å². The third kappa shape index (κ3) is 2.80. The van der Waals surface area contributed by atoms with Crippen molar-refractivity contribution in [1.29, 1.82) is 0 Å². The summed E-state index contributed by atoms with van der Waals surface area (Å²) in [5, 5.41) is 14.4. The van der Waals surface area contributed by atoms with Gasteiger partial charge in [-0.15, -0.1) is 0 Å². The van der Waals surface area contributed by atoms with Crippen LogP contribution in [0.3, 0.4) is 0 Å². The maximum atomic E-state index is 12.4. The van der Waals surface area contributed by atoms with Crippen LogP contribution in [-0.2, 0) is 0 Å². The van der Waals surface area contributed by atoms with Gasteiger partial charge in [-0.05, 0) is 38.1 Å². The molecule has 112 valence electrons. The van der Waals surface area contributed by atoms with Crippen LogP contribution in [0.2, 0.25) is 0 Å². The molecule has 2 N–H and O–H groups in total. The lowest BCUT2D eigenvalue weighted by molar-refractivity contribution is 0.0241. The van der Waals surface area contributed by atoms with Gasteiger partial charge in [0.15, 0.2) is 5.76 Å². The molecule has 3 rings (SSSR count). The molecule has 2 aromatic rings. The molecule has 0 saturated carbocycles. The summed E-state index contributed by atoms with van der Waals surface area (Å²) < 4.78 is 5.61.